The third-order valence-corrected chi connectivity index (χ3v) is 5.59. The zero-order valence-electron chi connectivity index (χ0n) is 17.1. The van der Waals surface area contributed by atoms with Gasteiger partial charge in [0.05, 0.1) is 7.11 Å². The summed E-state index contributed by atoms with van der Waals surface area (Å²) in [6.45, 7) is 2.23. The molecule has 0 unspecified atom stereocenters. The number of methoxy groups -OCH3 is 1. The van der Waals surface area contributed by atoms with Crippen molar-refractivity contribution in [1.29, 1.82) is 0 Å². The van der Waals surface area contributed by atoms with Gasteiger partial charge in [-0.05, 0) is 48.4 Å². The monoisotopic (exact) mass is 400 g/mol. The molecule has 3 aromatic rings. The molecule has 1 N–H and O–H groups in total. The first kappa shape index (κ1) is 19.7. The second-order valence-corrected chi connectivity index (χ2v) is 7.61. The maximum atomic E-state index is 13.5. The van der Waals surface area contributed by atoms with Crippen LogP contribution in [0.4, 0.5) is 5.69 Å². The van der Waals surface area contributed by atoms with E-state index in [-0.39, 0.29) is 11.8 Å². The van der Waals surface area contributed by atoms with Gasteiger partial charge in [0.1, 0.15) is 11.3 Å². The Morgan fingerprint density at radius 3 is 2.37 bits per heavy atom. The molecule has 30 heavy (non-hydrogen) atoms. The zero-order chi connectivity index (χ0) is 21.1. The predicted molar refractivity (Wildman–Crippen MR) is 117 cm³/mol. The number of fused-ring (bicyclic) bond motifs is 1. The van der Waals surface area contributed by atoms with Crippen molar-refractivity contribution in [2.24, 2.45) is 0 Å². The summed E-state index contributed by atoms with van der Waals surface area (Å²) < 4.78 is 5.24. The molecule has 152 valence electrons. The Balaban J connectivity index is 1.71. The summed E-state index contributed by atoms with van der Waals surface area (Å²) in [6, 6.07) is 24.4. The largest absolute Gasteiger partial charge is 0.497 e. The predicted octanol–water partition coefficient (Wildman–Crippen LogP) is 3.97. The summed E-state index contributed by atoms with van der Waals surface area (Å²) in [5.74, 6) is 0.322. The van der Waals surface area contributed by atoms with E-state index < -0.39 is 5.54 Å². The maximum absolute atomic E-state index is 13.5. The second-order valence-electron chi connectivity index (χ2n) is 7.61. The molecule has 0 saturated carbocycles. The van der Waals surface area contributed by atoms with Gasteiger partial charge in [-0.2, -0.15) is 0 Å². The average Bonchev–Trinajstić information content (AvgIpc) is 2.78. The first-order chi connectivity index (χ1) is 14.5. The molecule has 4 rings (SSSR count). The normalized spacial score (nSPS) is 17.9. The second kappa shape index (κ2) is 8.03. The number of hydrogen-bond acceptors (Lipinski definition) is 3. The molecule has 0 saturated heterocycles. The number of anilines is 1. The molecule has 0 aromatic heterocycles. The maximum Gasteiger partial charge on any atom is 0.259 e. The average molecular weight is 400 g/mol. The van der Waals surface area contributed by atoms with E-state index in [1.165, 1.54) is 0 Å². The van der Waals surface area contributed by atoms with Crippen molar-refractivity contribution in [1.82, 2.24) is 5.32 Å². The fourth-order valence-corrected chi connectivity index (χ4v) is 3.96. The standard InChI is InChI=1S/C25H24N2O3/c1-25(24(29)26-17-18-8-4-3-5-9-18)16-19-10-6-7-11-22(19)23(28)27(25)20-12-14-21(30-2)15-13-20/h3-15H,16-17H2,1-2H3,(H,26,29)/t25-/m1/s1. The van der Waals surface area contributed by atoms with Gasteiger partial charge in [-0.1, -0.05) is 48.5 Å². The number of amides is 2. The van der Waals surface area contributed by atoms with Crippen LogP contribution in [0.2, 0.25) is 0 Å². The van der Waals surface area contributed by atoms with E-state index in [4.69, 9.17) is 4.74 Å². The van der Waals surface area contributed by atoms with Crippen molar-refractivity contribution >= 4 is 17.5 Å². The highest BCUT2D eigenvalue weighted by Crippen LogP contribution is 2.36. The van der Waals surface area contributed by atoms with E-state index in [1.54, 1.807) is 24.1 Å². The minimum Gasteiger partial charge on any atom is -0.497 e. The summed E-state index contributed by atoms with van der Waals surface area (Å²) in [4.78, 5) is 28.5. The lowest BCUT2D eigenvalue weighted by Crippen LogP contribution is -2.63. The molecule has 1 atom stereocenters. The van der Waals surface area contributed by atoms with Crippen molar-refractivity contribution in [2.45, 2.75) is 25.4 Å². The van der Waals surface area contributed by atoms with Crippen LogP contribution in [0, 0.1) is 0 Å². The Hall–Kier alpha value is -3.60. The van der Waals surface area contributed by atoms with Crippen molar-refractivity contribution in [2.75, 3.05) is 12.0 Å². The highest BCUT2D eigenvalue weighted by molar-refractivity contribution is 6.14. The molecule has 0 radical (unpaired) electrons. The molecule has 0 spiro atoms. The van der Waals surface area contributed by atoms with Crippen LogP contribution in [0.1, 0.15) is 28.4 Å². The molecule has 1 aliphatic rings. The highest BCUT2D eigenvalue weighted by atomic mass is 16.5. The quantitative estimate of drug-likeness (QED) is 0.705. The number of ether oxygens (including phenoxy) is 1. The lowest BCUT2D eigenvalue weighted by atomic mass is 9.82. The van der Waals surface area contributed by atoms with Crippen LogP contribution in [0.25, 0.3) is 0 Å². The molecule has 0 fully saturated rings. The number of carbonyl (C=O) groups excluding carboxylic acids is 2. The van der Waals surface area contributed by atoms with Crippen LogP contribution in [0.3, 0.4) is 0 Å². The molecule has 5 nitrogen and oxygen atoms in total. The minimum atomic E-state index is -1.06. The van der Waals surface area contributed by atoms with Crippen molar-refractivity contribution < 1.29 is 14.3 Å². The number of benzene rings is 3. The first-order valence-corrected chi connectivity index (χ1v) is 9.92. The van der Waals surface area contributed by atoms with Crippen LogP contribution in [0.5, 0.6) is 5.75 Å². The lowest BCUT2D eigenvalue weighted by molar-refractivity contribution is -0.126. The number of nitrogens with one attached hydrogen (secondary N) is 1. The molecular weight excluding hydrogens is 376 g/mol. The number of nitrogens with zero attached hydrogens (tertiary/aromatic N) is 1. The van der Waals surface area contributed by atoms with Gasteiger partial charge in [-0.3, -0.25) is 14.5 Å². The van der Waals surface area contributed by atoms with E-state index in [0.717, 1.165) is 11.1 Å². The Morgan fingerprint density at radius 2 is 1.67 bits per heavy atom. The Kier molecular flexibility index (Phi) is 5.27. The van der Waals surface area contributed by atoms with E-state index in [9.17, 15) is 9.59 Å². The van der Waals surface area contributed by atoms with Gasteiger partial charge < -0.3 is 10.1 Å². The van der Waals surface area contributed by atoms with Gasteiger partial charge in [-0.15, -0.1) is 0 Å². The van der Waals surface area contributed by atoms with Crippen molar-refractivity contribution in [3.05, 3.63) is 95.6 Å². The summed E-state index contributed by atoms with van der Waals surface area (Å²) in [5, 5.41) is 3.03. The zero-order valence-corrected chi connectivity index (χ0v) is 17.1. The molecule has 1 aliphatic heterocycles. The van der Waals surface area contributed by atoms with E-state index >= 15 is 0 Å². The molecule has 3 aromatic carbocycles. The Labute approximate surface area is 176 Å². The molecule has 0 bridgehead atoms. The summed E-state index contributed by atoms with van der Waals surface area (Å²) in [5.41, 5.74) is 2.11. The van der Waals surface area contributed by atoms with Crippen LogP contribution in [0.15, 0.2) is 78.9 Å². The SMILES string of the molecule is COc1ccc(N2C(=O)c3ccccc3C[C@]2(C)C(=O)NCc2ccccc2)cc1. The van der Waals surface area contributed by atoms with Gasteiger partial charge in [0.25, 0.3) is 5.91 Å². The van der Waals surface area contributed by atoms with E-state index in [1.807, 2.05) is 73.7 Å². The fraction of sp³-hybridized carbons (Fsp3) is 0.200. The number of carbonyl (C=O) groups is 2. The minimum absolute atomic E-state index is 0.181. The topological polar surface area (TPSA) is 58.6 Å². The molecule has 5 heteroatoms. The smallest absolute Gasteiger partial charge is 0.259 e. The van der Waals surface area contributed by atoms with Crippen LogP contribution in [-0.2, 0) is 17.8 Å². The third-order valence-electron chi connectivity index (χ3n) is 5.59. The summed E-state index contributed by atoms with van der Waals surface area (Å²) in [7, 11) is 1.60. The number of hydrogen-bond donors (Lipinski definition) is 1. The lowest BCUT2D eigenvalue weighted by Gasteiger charge is -2.44. The van der Waals surface area contributed by atoms with Gasteiger partial charge in [0, 0.05) is 24.2 Å². The molecular formula is C25H24N2O3. The first-order valence-electron chi connectivity index (χ1n) is 9.92. The van der Waals surface area contributed by atoms with E-state index in [0.29, 0.717) is 30.0 Å². The third kappa shape index (κ3) is 3.54. The summed E-state index contributed by atoms with van der Waals surface area (Å²) >= 11 is 0. The van der Waals surface area contributed by atoms with E-state index in [2.05, 4.69) is 5.32 Å². The molecule has 2 amide bonds. The van der Waals surface area contributed by atoms with Crippen molar-refractivity contribution in [3.8, 4) is 5.75 Å². The number of rotatable bonds is 5. The van der Waals surface area contributed by atoms with Gasteiger partial charge >= 0.3 is 0 Å². The molecule has 0 aliphatic carbocycles. The Morgan fingerprint density at radius 1 is 1.00 bits per heavy atom. The molecule has 1 heterocycles. The highest BCUT2D eigenvalue weighted by Gasteiger charge is 2.47. The van der Waals surface area contributed by atoms with Crippen LogP contribution >= 0.6 is 0 Å². The summed E-state index contributed by atoms with van der Waals surface area (Å²) in [6.07, 6.45) is 0.432. The van der Waals surface area contributed by atoms with Gasteiger partial charge in [0.15, 0.2) is 0 Å². The van der Waals surface area contributed by atoms with Crippen LogP contribution < -0.4 is 15.0 Å². The van der Waals surface area contributed by atoms with Gasteiger partial charge in [0.2, 0.25) is 5.91 Å². The Bertz CT molecular complexity index is 1060. The van der Waals surface area contributed by atoms with Crippen LogP contribution in [-0.4, -0.2) is 24.5 Å². The fourth-order valence-electron chi connectivity index (χ4n) is 3.96. The van der Waals surface area contributed by atoms with Gasteiger partial charge in [-0.25, -0.2) is 0 Å². The van der Waals surface area contributed by atoms with Crippen molar-refractivity contribution in [3.63, 3.8) is 0 Å².